The quantitative estimate of drug-likeness (QED) is 0.890. The smallest absolute Gasteiger partial charge is 0.326 e. The Bertz CT molecular complexity index is 516. The van der Waals surface area contributed by atoms with Crippen LogP contribution >= 0.6 is 0 Å². The summed E-state index contributed by atoms with van der Waals surface area (Å²) in [6.45, 7) is 4.41. The number of aryl methyl sites for hydroxylation is 1. The molecule has 0 spiro atoms. The number of rotatable bonds is 3. The van der Waals surface area contributed by atoms with Gasteiger partial charge in [0.15, 0.2) is 0 Å². The molecule has 108 valence electrons. The Morgan fingerprint density at radius 1 is 1.40 bits per heavy atom. The van der Waals surface area contributed by atoms with Crippen LogP contribution in [0.15, 0.2) is 24.3 Å². The maximum absolute atomic E-state index is 12.2. The molecule has 1 heterocycles. The van der Waals surface area contributed by atoms with E-state index in [1.165, 1.54) is 4.90 Å². The number of aliphatic carboxylic acids is 1. The summed E-state index contributed by atoms with van der Waals surface area (Å²) in [6.07, 6.45) is 1.27. The molecule has 20 heavy (non-hydrogen) atoms. The van der Waals surface area contributed by atoms with Crippen molar-refractivity contribution in [2.75, 3.05) is 6.54 Å². The summed E-state index contributed by atoms with van der Waals surface area (Å²) in [5.74, 6) is -0.929. The van der Waals surface area contributed by atoms with Gasteiger partial charge in [0.25, 0.3) is 0 Å². The number of nitrogens with one attached hydrogen (secondary N) is 1. The third kappa shape index (κ3) is 2.92. The molecule has 1 aliphatic rings. The van der Waals surface area contributed by atoms with Gasteiger partial charge < -0.3 is 15.3 Å². The van der Waals surface area contributed by atoms with Crippen LogP contribution in [0.3, 0.4) is 0 Å². The number of likely N-dealkylation sites (tertiary alicyclic amines) is 1. The van der Waals surface area contributed by atoms with Gasteiger partial charge in [-0.2, -0.15) is 0 Å². The highest BCUT2D eigenvalue weighted by Crippen LogP contribution is 2.20. The molecule has 5 heteroatoms. The summed E-state index contributed by atoms with van der Waals surface area (Å²) < 4.78 is 0. The summed E-state index contributed by atoms with van der Waals surface area (Å²) in [5, 5.41) is 12.0. The first-order valence-electron chi connectivity index (χ1n) is 6.86. The predicted octanol–water partition coefficient (Wildman–Crippen LogP) is 2.31. The Balaban J connectivity index is 2.04. The Morgan fingerprint density at radius 2 is 2.10 bits per heavy atom. The summed E-state index contributed by atoms with van der Waals surface area (Å²) in [7, 11) is 0. The monoisotopic (exact) mass is 276 g/mol. The largest absolute Gasteiger partial charge is 0.480 e. The van der Waals surface area contributed by atoms with Gasteiger partial charge in [-0.3, -0.25) is 0 Å². The molecule has 2 unspecified atom stereocenters. The SMILES string of the molecule is Cc1ccccc1C(C)NC(=O)N1CCCC1C(=O)O. The van der Waals surface area contributed by atoms with Gasteiger partial charge in [-0.1, -0.05) is 24.3 Å². The highest BCUT2D eigenvalue weighted by atomic mass is 16.4. The normalized spacial score (nSPS) is 19.7. The Hall–Kier alpha value is -2.04. The number of carboxylic acid groups (broad SMARTS) is 1. The van der Waals surface area contributed by atoms with E-state index in [9.17, 15) is 9.59 Å². The van der Waals surface area contributed by atoms with Crippen molar-refractivity contribution in [1.82, 2.24) is 10.2 Å². The van der Waals surface area contributed by atoms with Gasteiger partial charge in [0.05, 0.1) is 6.04 Å². The molecule has 0 bridgehead atoms. The van der Waals surface area contributed by atoms with E-state index in [-0.39, 0.29) is 12.1 Å². The van der Waals surface area contributed by atoms with Crippen molar-refractivity contribution >= 4 is 12.0 Å². The van der Waals surface area contributed by atoms with E-state index >= 15 is 0 Å². The molecule has 2 rings (SSSR count). The molecule has 2 atom stereocenters. The molecule has 1 aromatic carbocycles. The van der Waals surface area contributed by atoms with Crippen molar-refractivity contribution < 1.29 is 14.7 Å². The molecule has 0 radical (unpaired) electrons. The van der Waals surface area contributed by atoms with Crippen molar-refractivity contribution in [2.45, 2.75) is 38.8 Å². The summed E-state index contributed by atoms with van der Waals surface area (Å²) >= 11 is 0. The zero-order chi connectivity index (χ0) is 14.7. The van der Waals surface area contributed by atoms with Gasteiger partial charge in [-0.25, -0.2) is 9.59 Å². The molecule has 0 aromatic heterocycles. The van der Waals surface area contributed by atoms with Crippen molar-refractivity contribution in [3.8, 4) is 0 Å². The van der Waals surface area contributed by atoms with E-state index < -0.39 is 12.0 Å². The fraction of sp³-hybridized carbons (Fsp3) is 0.467. The lowest BCUT2D eigenvalue weighted by Crippen LogP contribution is -2.46. The van der Waals surface area contributed by atoms with Crippen molar-refractivity contribution in [2.24, 2.45) is 0 Å². The third-order valence-electron chi connectivity index (χ3n) is 3.79. The van der Waals surface area contributed by atoms with E-state index in [1.807, 2.05) is 38.1 Å². The minimum absolute atomic E-state index is 0.140. The van der Waals surface area contributed by atoms with Gasteiger partial charge in [0.1, 0.15) is 6.04 Å². The zero-order valence-electron chi connectivity index (χ0n) is 11.8. The second-order valence-corrected chi connectivity index (χ2v) is 5.22. The summed E-state index contributed by atoms with van der Waals surface area (Å²) in [6, 6.07) is 6.71. The first-order chi connectivity index (χ1) is 9.50. The third-order valence-corrected chi connectivity index (χ3v) is 3.79. The lowest BCUT2D eigenvalue weighted by molar-refractivity contribution is -0.141. The van der Waals surface area contributed by atoms with Crippen LogP contribution in [0.1, 0.15) is 36.9 Å². The minimum Gasteiger partial charge on any atom is -0.480 e. The topological polar surface area (TPSA) is 69.6 Å². The van der Waals surface area contributed by atoms with Crippen molar-refractivity contribution in [3.05, 3.63) is 35.4 Å². The lowest BCUT2D eigenvalue weighted by atomic mass is 10.0. The molecule has 0 aliphatic carbocycles. The molecular formula is C15H20N2O3. The second kappa shape index (κ2) is 5.94. The van der Waals surface area contributed by atoms with Crippen LogP contribution in [0.5, 0.6) is 0 Å². The van der Waals surface area contributed by atoms with Crippen LogP contribution < -0.4 is 5.32 Å². The number of benzene rings is 1. The van der Waals surface area contributed by atoms with Gasteiger partial charge >= 0.3 is 12.0 Å². The molecule has 1 fully saturated rings. The molecule has 5 nitrogen and oxygen atoms in total. The van der Waals surface area contributed by atoms with Crippen LogP contribution in [-0.4, -0.2) is 34.6 Å². The molecular weight excluding hydrogens is 256 g/mol. The first-order valence-corrected chi connectivity index (χ1v) is 6.86. The predicted molar refractivity (Wildman–Crippen MR) is 75.5 cm³/mol. The van der Waals surface area contributed by atoms with Crippen molar-refractivity contribution in [1.29, 1.82) is 0 Å². The lowest BCUT2D eigenvalue weighted by Gasteiger charge is -2.25. The highest BCUT2D eigenvalue weighted by molar-refractivity contribution is 5.83. The van der Waals surface area contributed by atoms with E-state index in [0.717, 1.165) is 17.5 Å². The number of carboxylic acids is 1. The molecule has 2 amide bonds. The molecule has 1 saturated heterocycles. The number of hydrogen-bond donors (Lipinski definition) is 2. The van der Waals surface area contributed by atoms with Crippen molar-refractivity contribution in [3.63, 3.8) is 0 Å². The fourth-order valence-corrected chi connectivity index (χ4v) is 2.69. The van der Waals surface area contributed by atoms with Gasteiger partial charge in [-0.05, 0) is 37.8 Å². The molecule has 2 N–H and O–H groups in total. The standard InChI is InChI=1S/C15H20N2O3/c1-10-6-3-4-7-12(10)11(2)16-15(20)17-9-5-8-13(17)14(18)19/h3-4,6-7,11,13H,5,8-9H2,1-2H3,(H,16,20)(H,18,19). The van der Waals surface area contributed by atoms with Crippen LogP contribution in [0.4, 0.5) is 4.79 Å². The first kappa shape index (κ1) is 14.4. The van der Waals surface area contributed by atoms with E-state index in [4.69, 9.17) is 5.11 Å². The van der Waals surface area contributed by atoms with E-state index in [1.54, 1.807) is 0 Å². The van der Waals surface area contributed by atoms with Gasteiger partial charge in [0.2, 0.25) is 0 Å². The van der Waals surface area contributed by atoms with E-state index in [2.05, 4.69) is 5.32 Å². The van der Waals surface area contributed by atoms with Crippen LogP contribution in [0.2, 0.25) is 0 Å². The summed E-state index contributed by atoms with van der Waals surface area (Å²) in [5.41, 5.74) is 2.16. The fourth-order valence-electron chi connectivity index (χ4n) is 2.69. The number of carbonyl (C=O) groups excluding carboxylic acids is 1. The maximum Gasteiger partial charge on any atom is 0.326 e. The Morgan fingerprint density at radius 3 is 2.75 bits per heavy atom. The average Bonchev–Trinajstić information content (AvgIpc) is 2.88. The van der Waals surface area contributed by atoms with Crippen LogP contribution in [0.25, 0.3) is 0 Å². The highest BCUT2D eigenvalue weighted by Gasteiger charge is 2.34. The molecule has 1 aromatic rings. The average molecular weight is 276 g/mol. The number of nitrogens with zero attached hydrogens (tertiary/aromatic N) is 1. The number of hydrogen-bond acceptors (Lipinski definition) is 2. The van der Waals surface area contributed by atoms with Gasteiger partial charge in [-0.15, -0.1) is 0 Å². The number of carbonyl (C=O) groups is 2. The second-order valence-electron chi connectivity index (χ2n) is 5.22. The van der Waals surface area contributed by atoms with Crippen LogP contribution in [0, 0.1) is 6.92 Å². The van der Waals surface area contributed by atoms with Gasteiger partial charge in [0, 0.05) is 6.54 Å². The minimum atomic E-state index is -0.929. The number of amides is 2. The number of urea groups is 1. The molecule has 0 saturated carbocycles. The molecule has 1 aliphatic heterocycles. The Kier molecular flexibility index (Phi) is 4.27. The van der Waals surface area contributed by atoms with Crippen LogP contribution in [-0.2, 0) is 4.79 Å². The zero-order valence-corrected chi connectivity index (χ0v) is 11.8. The summed E-state index contributed by atoms with van der Waals surface area (Å²) in [4.78, 5) is 24.7. The Labute approximate surface area is 118 Å². The van der Waals surface area contributed by atoms with E-state index in [0.29, 0.717) is 13.0 Å². The maximum atomic E-state index is 12.2.